The maximum atomic E-state index is 12.7. The lowest BCUT2D eigenvalue weighted by molar-refractivity contribution is 0.0600. The third-order valence-corrected chi connectivity index (χ3v) is 4.77. The molecular formula is C21H22N2O4. The van der Waals surface area contributed by atoms with Gasteiger partial charge in [0.05, 0.1) is 12.7 Å². The van der Waals surface area contributed by atoms with Gasteiger partial charge >= 0.3 is 5.97 Å². The summed E-state index contributed by atoms with van der Waals surface area (Å²) in [5.74, 6) is -0.755. The summed E-state index contributed by atoms with van der Waals surface area (Å²) < 4.78 is 4.65. The molecule has 6 nitrogen and oxygen atoms in total. The van der Waals surface area contributed by atoms with E-state index in [1.807, 2.05) is 11.8 Å². The van der Waals surface area contributed by atoms with Crippen LogP contribution in [-0.2, 0) is 4.74 Å². The molecule has 1 N–H and O–H groups in total. The molecule has 0 radical (unpaired) electrons. The van der Waals surface area contributed by atoms with E-state index in [9.17, 15) is 14.4 Å². The average molecular weight is 366 g/mol. The number of nitrogens with one attached hydrogen (secondary N) is 1. The first-order valence-electron chi connectivity index (χ1n) is 8.90. The van der Waals surface area contributed by atoms with Crippen molar-refractivity contribution in [2.24, 2.45) is 0 Å². The van der Waals surface area contributed by atoms with Crippen molar-refractivity contribution in [1.82, 2.24) is 4.90 Å². The quantitative estimate of drug-likeness (QED) is 0.843. The number of carbonyl (C=O) groups is 3. The van der Waals surface area contributed by atoms with Crippen LogP contribution in [-0.4, -0.2) is 42.9 Å². The van der Waals surface area contributed by atoms with Crippen LogP contribution in [0.5, 0.6) is 0 Å². The summed E-state index contributed by atoms with van der Waals surface area (Å²) in [6.07, 6.45) is 2.06. The molecule has 2 aromatic carbocycles. The van der Waals surface area contributed by atoms with Gasteiger partial charge in [-0.25, -0.2) is 4.79 Å². The topological polar surface area (TPSA) is 75.7 Å². The van der Waals surface area contributed by atoms with Gasteiger partial charge in [-0.3, -0.25) is 9.59 Å². The van der Waals surface area contributed by atoms with Crippen molar-refractivity contribution >= 4 is 23.5 Å². The van der Waals surface area contributed by atoms with Gasteiger partial charge in [0.15, 0.2) is 0 Å². The Morgan fingerprint density at radius 1 is 0.963 bits per heavy atom. The second-order valence-electron chi connectivity index (χ2n) is 6.50. The van der Waals surface area contributed by atoms with Crippen molar-refractivity contribution < 1.29 is 19.1 Å². The molecule has 3 rings (SSSR count). The molecule has 0 saturated carbocycles. The van der Waals surface area contributed by atoms with E-state index in [1.54, 1.807) is 42.5 Å². The van der Waals surface area contributed by atoms with Crippen LogP contribution in [0.1, 0.15) is 49.5 Å². The number of rotatable bonds is 4. The highest BCUT2D eigenvalue weighted by atomic mass is 16.5. The Bertz CT molecular complexity index is 868. The Morgan fingerprint density at radius 2 is 1.59 bits per heavy atom. The standard InChI is InChI=1S/C21H22N2O4/c1-14-17(20(25)23-12-3-4-13-23)6-5-7-18(14)22-19(24)15-8-10-16(11-9-15)21(26)27-2/h5-11H,3-4,12-13H2,1-2H3,(H,22,24). The Kier molecular flexibility index (Phi) is 5.54. The molecule has 0 aliphatic carbocycles. The largest absolute Gasteiger partial charge is 0.465 e. The first-order valence-corrected chi connectivity index (χ1v) is 8.90. The zero-order valence-electron chi connectivity index (χ0n) is 15.5. The van der Waals surface area contributed by atoms with Crippen molar-refractivity contribution in [1.29, 1.82) is 0 Å². The van der Waals surface area contributed by atoms with Crippen LogP contribution < -0.4 is 5.32 Å². The molecule has 0 bridgehead atoms. The Hall–Kier alpha value is -3.15. The number of amides is 2. The van der Waals surface area contributed by atoms with Crippen LogP contribution >= 0.6 is 0 Å². The fourth-order valence-electron chi connectivity index (χ4n) is 3.16. The predicted molar refractivity (Wildman–Crippen MR) is 102 cm³/mol. The van der Waals surface area contributed by atoms with E-state index in [4.69, 9.17) is 0 Å². The van der Waals surface area contributed by atoms with Crippen molar-refractivity contribution in [3.63, 3.8) is 0 Å². The molecule has 1 fully saturated rings. The van der Waals surface area contributed by atoms with E-state index in [2.05, 4.69) is 10.1 Å². The Labute approximate surface area is 158 Å². The number of hydrogen-bond donors (Lipinski definition) is 1. The van der Waals surface area contributed by atoms with Crippen LogP contribution in [0.25, 0.3) is 0 Å². The molecule has 2 amide bonds. The third kappa shape index (κ3) is 4.00. The molecule has 0 atom stereocenters. The Balaban J connectivity index is 1.77. The number of benzene rings is 2. The lowest BCUT2D eigenvalue weighted by Crippen LogP contribution is -2.28. The molecule has 0 unspecified atom stereocenters. The average Bonchev–Trinajstić information content (AvgIpc) is 3.23. The monoisotopic (exact) mass is 366 g/mol. The lowest BCUT2D eigenvalue weighted by Gasteiger charge is -2.18. The second-order valence-corrected chi connectivity index (χ2v) is 6.50. The fourth-order valence-corrected chi connectivity index (χ4v) is 3.16. The predicted octanol–water partition coefficient (Wildman–Crippen LogP) is 3.27. The second kappa shape index (κ2) is 8.03. The van der Waals surface area contributed by atoms with E-state index >= 15 is 0 Å². The molecule has 1 aliphatic rings. The highest BCUT2D eigenvalue weighted by Crippen LogP contribution is 2.23. The highest BCUT2D eigenvalue weighted by molar-refractivity contribution is 6.06. The van der Waals surface area contributed by atoms with E-state index in [-0.39, 0.29) is 11.8 Å². The first-order chi connectivity index (χ1) is 13.0. The summed E-state index contributed by atoms with van der Waals surface area (Å²) in [7, 11) is 1.31. The van der Waals surface area contributed by atoms with Crippen LogP contribution in [0.15, 0.2) is 42.5 Å². The minimum atomic E-state index is -0.453. The molecular weight excluding hydrogens is 344 g/mol. The van der Waals surface area contributed by atoms with Crippen LogP contribution in [0, 0.1) is 6.92 Å². The fraction of sp³-hybridized carbons (Fsp3) is 0.286. The summed E-state index contributed by atoms with van der Waals surface area (Å²) in [5.41, 5.74) is 2.74. The summed E-state index contributed by atoms with van der Waals surface area (Å²) >= 11 is 0. The number of ether oxygens (including phenoxy) is 1. The summed E-state index contributed by atoms with van der Waals surface area (Å²) in [4.78, 5) is 38.5. The van der Waals surface area contributed by atoms with Gasteiger partial charge in [0.2, 0.25) is 0 Å². The van der Waals surface area contributed by atoms with E-state index < -0.39 is 5.97 Å². The van der Waals surface area contributed by atoms with Crippen molar-refractivity contribution in [2.45, 2.75) is 19.8 Å². The molecule has 140 valence electrons. The smallest absolute Gasteiger partial charge is 0.337 e. The van der Waals surface area contributed by atoms with E-state index in [0.717, 1.165) is 31.5 Å². The van der Waals surface area contributed by atoms with Crippen LogP contribution in [0.2, 0.25) is 0 Å². The summed E-state index contributed by atoms with van der Waals surface area (Å²) in [5, 5.41) is 2.85. The number of esters is 1. The number of methoxy groups -OCH3 is 1. The molecule has 0 spiro atoms. The highest BCUT2D eigenvalue weighted by Gasteiger charge is 2.22. The third-order valence-electron chi connectivity index (χ3n) is 4.77. The van der Waals surface area contributed by atoms with Gasteiger partial charge in [-0.05, 0) is 61.7 Å². The van der Waals surface area contributed by atoms with Gasteiger partial charge < -0.3 is 15.0 Å². The molecule has 1 aliphatic heterocycles. The van der Waals surface area contributed by atoms with Gasteiger partial charge in [-0.2, -0.15) is 0 Å². The first kappa shape index (κ1) is 18.6. The van der Waals surface area contributed by atoms with Crippen LogP contribution in [0.4, 0.5) is 5.69 Å². The maximum absolute atomic E-state index is 12.7. The maximum Gasteiger partial charge on any atom is 0.337 e. The molecule has 27 heavy (non-hydrogen) atoms. The van der Waals surface area contributed by atoms with E-state index in [0.29, 0.717) is 22.4 Å². The zero-order chi connectivity index (χ0) is 19.4. The Morgan fingerprint density at radius 3 is 2.22 bits per heavy atom. The summed E-state index contributed by atoms with van der Waals surface area (Å²) in [6, 6.07) is 11.5. The van der Waals surface area contributed by atoms with E-state index in [1.165, 1.54) is 7.11 Å². The SMILES string of the molecule is COC(=O)c1ccc(C(=O)Nc2cccc(C(=O)N3CCCC3)c2C)cc1. The molecule has 1 saturated heterocycles. The van der Waals surface area contributed by atoms with Gasteiger partial charge in [-0.15, -0.1) is 0 Å². The normalized spacial score (nSPS) is 13.3. The number of hydrogen-bond acceptors (Lipinski definition) is 4. The van der Waals surface area contributed by atoms with Gasteiger partial charge in [0, 0.05) is 29.9 Å². The van der Waals surface area contributed by atoms with Gasteiger partial charge in [0.25, 0.3) is 11.8 Å². The van der Waals surface area contributed by atoms with Gasteiger partial charge in [0.1, 0.15) is 0 Å². The lowest BCUT2D eigenvalue weighted by atomic mass is 10.0. The minimum Gasteiger partial charge on any atom is -0.465 e. The van der Waals surface area contributed by atoms with Crippen molar-refractivity contribution in [3.8, 4) is 0 Å². The molecule has 2 aromatic rings. The number of carbonyl (C=O) groups excluding carboxylic acids is 3. The van der Waals surface area contributed by atoms with Crippen molar-refractivity contribution in [2.75, 3.05) is 25.5 Å². The number of anilines is 1. The summed E-state index contributed by atoms with van der Waals surface area (Å²) in [6.45, 7) is 3.39. The zero-order valence-corrected chi connectivity index (χ0v) is 15.5. The van der Waals surface area contributed by atoms with Crippen LogP contribution in [0.3, 0.4) is 0 Å². The molecule has 0 aromatic heterocycles. The minimum absolute atomic E-state index is 0.00327. The van der Waals surface area contributed by atoms with Crippen molar-refractivity contribution in [3.05, 3.63) is 64.7 Å². The van der Waals surface area contributed by atoms with Gasteiger partial charge in [-0.1, -0.05) is 6.07 Å². The molecule has 1 heterocycles. The molecule has 6 heteroatoms. The number of nitrogens with zero attached hydrogens (tertiary/aromatic N) is 1. The number of likely N-dealkylation sites (tertiary alicyclic amines) is 1.